The van der Waals surface area contributed by atoms with Gasteiger partial charge in [0.05, 0.1) is 12.4 Å². The molecule has 2 aromatic rings. The number of hydrogen-bond donors (Lipinski definition) is 0. The van der Waals surface area contributed by atoms with Gasteiger partial charge < -0.3 is 4.90 Å². The molecule has 5 heteroatoms. The summed E-state index contributed by atoms with van der Waals surface area (Å²) in [4.78, 5) is 30.6. The number of amides is 1. The summed E-state index contributed by atoms with van der Waals surface area (Å²) in [7, 11) is 0. The number of aryl methyl sites for hydroxylation is 1. The minimum absolute atomic E-state index is 0.113. The van der Waals surface area contributed by atoms with Gasteiger partial charge in [0, 0.05) is 37.2 Å². The molecule has 2 fully saturated rings. The number of rotatable bonds is 4. The van der Waals surface area contributed by atoms with E-state index in [0.29, 0.717) is 13.0 Å². The van der Waals surface area contributed by atoms with Crippen molar-refractivity contribution < 1.29 is 4.79 Å². The van der Waals surface area contributed by atoms with Gasteiger partial charge in [-0.05, 0) is 18.4 Å². The Morgan fingerprint density at radius 2 is 1.92 bits per heavy atom. The molecular weight excluding hydrogens is 314 g/mol. The number of likely N-dealkylation sites (tertiary alicyclic amines) is 1. The smallest absolute Gasteiger partial charge is 0.253 e. The van der Waals surface area contributed by atoms with Crippen LogP contribution in [0.5, 0.6) is 0 Å². The molecule has 2 aliphatic rings. The van der Waals surface area contributed by atoms with Crippen LogP contribution >= 0.6 is 0 Å². The van der Waals surface area contributed by atoms with Crippen LogP contribution in [0.4, 0.5) is 0 Å². The van der Waals surface area contributed by atoms with Crippen molar-refractivity contribution in [2.45, 2.75) is 44.7 Å². The van der Waals surface area contributed by atoms with Crippen molar-refractivity contribution in [3.63, 3.8) is 0 Å². The van der Waals surface area contributed by atoms with Crippen molar-refractivity contribution in [1.29, 1.82) is 0 Å². The molecule has 1 unspecified atom stereocenters. The molecule has 1 saturated heterocycles. The number of aromatic nitrogens is 2. The largest absolute Gasteiger partial charge is 0.334 e. The third-order valence-electron chi connectivity index (χ3n) is 5.77. The fourth-order valence-electron chi connectivity index (χ4n) is 4.55. The molecule has 1 aliphatic heterocycles. The molecule has 4 rings (SSSR count). The Balaban J connectivity index is 1.50. The van der Waals surface area contributed by atoms with E-state index in [1.165, 1.54) is 54.4 Å². The maximum Gasteiger partial charge on any atom is 0.253 e. The fourth-order valence-corrected chi connectivity index (χ4v) is 4.55. The first-order chi connectivity index (χ1) is 12.2. The Labute approximate surface area is 147 Å². The van der Waals surface area contributed by atoms with Crippen LogP contribution < -0.4 is 5.56 Å². The van der Waals surface area contributed by atoms with Gasteiger partial charge in [0.25, 0.3) is 5.56 Å². The van der Waals surface area contributed by atoms with Crippen LogP contribution in [0.1, 0.15) is 43.7 Å². The van der Waals surface area contributed by atoms with Crippen molar-refractivity contribution in [3.05, 3.63) is 64.8 Å². The zero-order valence-electron chi connectivity index (χ0n) is 14.3. The van der Waals surface area contributed by atoms with E-state index < -0.39 is 0 Å². The van der Waals surface area contributed by atoms with E-state index in [2.05, 4.69) is 17.1 Å². The van der Waals surface area contributed by atoms with Gasteiger partial charge in [-0.2, -0.15) is 0 Å². The molecule has 0 radical (unpaired) electrons. The fraction of sp³-hybridized carbons (Fsp3) is 0.450. The molecule has 0 N–H and O–H groups in total. The lowest BCUT2D eigenvalue weighted by Gasteiger charge is -2.56. The maximum atomic E-state index is 12.8. The van der Waals surface area contributed by atoms with Crippen LogP contribution in [-0.4, -0.2) is 26.9 Å². The molecule has 1 atom stereocenters. The van der Waals surface area contributed by atoms with Crippen LogP contribution in [0.25, 0.3) is 0 Å². The zero-order valence-corrected chi connectivity index (χ0v) is 14.3. The molecule has 2 heterocycles. The zero-order chi connectivity index (χ0) is 17.3. The minimum Gasteiger partial charge on any atom is -0.334 e. The van der Waals surface area contributed by atoms with Crippen molar-refractivity contribution in [2.75, 3.05) is 6.54 Å². The highest BCUT2D eigenvalue weighted by molar-refractivity contribution is 5.78. The summed E-state index contributed by atoms with van der Waals surface area (Å²) < 4.78 is 1.50. The third kappa shape index (κ3) is 2.88. The standard InChI is InChI=1S/C20H23N3O2/c24-17-8-12-21-15-22(17)13-9-18(25)23-14-20(10-4-5-11-20)19(23)16-6-2-1-3-7-16/h1-3,6-8,12,15,19H,4-5,9-11,13-14H2. The van der Waals surface area contributed by atoms with Gasteiger partial charge in [0.15, 0.2) is 0 Å². The second kappa shape index (κ2) is 6.47. The van der Waals surface area contributed by atoms with Crippen molar-refractivity contribution in [3.8, 4) is 0 Å². The summed E-state index contributed by atoms with van der Waals surface area (Å²) >= 11 is 0. The highest BCUT2D eigenvalue weighted by Crippen LogP contribution is 2.58. The van der Waals surface area contributed by atoms with Crippen LogP contribution in [0.15, 0.2) is 53.7 Å². The maximum absolute atomic E-state index is 12.8. The molecule has 1 aromatic carbocycles. The molecule has 130 valence electrons. The van der Waals surface area contributed by atoms with Gasteiger partial charge in [0.2, 0.25) is 5.91 Å². The average molecular weight is 337 g/mol. The van der Waals surface area contributed by atoms with Crippen LogP contribution in [0, 0.1) is 5.41 Å². The minimum atomic E-state index is -0.113. The Morgan fingerprint density at radius 1 is 1.16 bits per heavy atom. The molecule has 1 aromatic heterocycles. The van der Waals surface area contributed by atoms with E-state index in [-0.39, 0.29) is 22.9 Å². The number of carbonyl (C=O) groups is 1. The van der Waals surface area contributed by atoms with E-state index in [9.17, 15) is 9.59 Å². The first-order valence-corrected chi connectivity index (χ1v) is 9.04. The summed E-state index contributed by atoms with van der Waals surface area (Å²) in [5.41, 5.74) is 1.39. The van der Waals surface area contributed by atoms with E-state index in [0.717, 1.165) is 6.54 Å². The van der Waals surface area contributed by atoms with E-state index in [1.54, 1.807) is 0 Å². The lowest BCUT2D eigenvalue weighted by molar-refractivity contribution is -0.155. The number of benzene rings is 1. The highest BCUT2D eigenvalue weighted by Gasteiger charge is 2.55. The van der Waals surface area contributed by atoms with Crippen molar-refractivity contribution in [1.82, 2.24) is 14.5 Å². The molecule has 1 amide bonds. The van der Waals surface area contributed by atoms with Gasteiger partial charge in [-0.15, -0.1) is 0 Å². The molecule has 1 saturated carbocycles. The number of hydrogen-bond acceptors (Lipinski definition) is 3. The lowest BCUT2D eigenvalue weighted by atomic mass is 9.67. The van der Waals surface area contributed by atoms with Crippen LogP contribution in [-0.2, 0) is 11.3 Å². The second-order valence-electron chi connectivity index (χ2n) is 7.27. The number of carbonyl (C=O) groups excluding carboxylic acids is 1. The molecular formula is C20H23N3O2. The summed E-state index contributed by atoms with van der Waals surface area (Å²) in [6.07, 6.45) is 8.25. The predicted octanol–water partition coefficient (Wildman–Crippen LogP) is 2.78. The normalized spacial score (nSPS) is 21.3. The Bertz CT molecular complexity index is 809. The summed E-state index contributed by atoms with van der Waals surface area (Å²) in [6.45, 7) is 1.24. The summed E-state index contributed by atoms with van der Waals surface area (Å²) in [6, 6.07) is 12.0. The average Bonchev–Trinajstić information content (AvgIpc) is 3.11. The number of nitrogens with zero attached hydrogens (tertiary/aromatic N) is 3. The first-order valence-electron chi connectivity index (χ1n) is 9.04. The lowest BCUT2D eigenvalue weighted by Crippen LogP contribution is -2.59. The Morgan fingerprint density at radius 3 is 2.64 bits per heavy atom. The molecule has 25 heavy (non-hydrogen) atoms. The molecule has 1 aliphatic carbocycles. The monoisotopic (exact) mass is 337 g/mol. The highest BCUT2D eigenvalue weighted by atomic mass is 16.2. The van der Waals surface area contributed by atoms with Gasteiger partial charge >= 0.3 is 0 Å². The first kappa shape index (κ1) is 16.1. The van der Waals surface area contributed by atoms with Gasteiger partial charge in [0.1, 0.15) is 0 Å². The van der Waals surface area contributed by atoms with E-state index in [1.807, 2.05) is 23.1 Å². The topological polar surface area (TPSA) is 55.2 Å². The molecule has 1 spiro atoms. The molecule has 0 bridgehead atoms. The van der Waals surface area contributed by atoms with Crippen LogP contribution in [0.2, 0.25) is 0 Å². The van der Waals surface area contributed by atoms with E-state index in [4.69, 9.17) is 0 Å². The van der Waals surface area contributed by atoms with Crippen molar-refractivity contribution in [2.24, 2.45) is 5.41 Å². The molecule has 5 nitrogen and oxygen atoms in total. The Hall–Kier alpha value is -2.43. The van der Waals surface area contributed by atoms with Crippen molar-refractivity contribution >= 4 is 5.91 Å². The SMILES string of the molecule is O=C(CCn1cnccc1=O)N1CC2(CCCC2)C1c1ccccc1. The van der Waals surface area contributed by atoms with Gasteiger partial charge in [-0.1, -0.05) is 43.2 Å². The van der Waals surface area contributed by atoms with Gasteiger partial charge in [-0.25, -0.2) is 4.98 Å². The van der Waals surface area contributed by atoms with Gasteiger partial charge in [-0.3, -0.25) is 14.2 Å². The Kier molecular flexibility index (Phi) is 4.15. The predicted molar refractivity (Wildman–Crippen MR) is 94.9 cm³/mol. The summed E-state index contributed by atoms with van der Waals surface area (Å²) in [5, 5.41) is 0. The summed E-state index contributed by atoms with van der Waals surface area (Å²) in [5.74, 6) is 0.127. The third-order valence-corrected chi connectivity index (χ3v) is 5.77. The van der Waals surface area contributed by atoms with E-state index >= 15 is 0 Å². The quantitative estimate of drug-likeness (QED) is 0.862. The second-order valence-corrected chi connectivity index (χ2v) is 7.27. The van der Waals surface area contributed by atoms with Crippen LogP contribution in [0.3, 0.4) is 0 Å².